The highest BCUT2D eigenvalue weighted by atomic mass is 32.1. The third-order valence-electron chi connectivity index (χ3n) is 9.51. The van der Waals surface area contributed by atoms with Gasteiger partial charge in [-0.3, -0.25) is 23.5 Å². The number of aromatic nitrogens is 4. The summed E-state index contributed by atoms with van der Waals surface area (Å²) in [6, 6.07) is 15.7. The first kappa shape index (κ1) is 58.7. The maximum Gasteiger partial charge on any atom is 0.445 e. The molecule has 3 atom stereocenters. The van der Waals surface area contributed by atoms with Crippen molar-refractivity contribution < 1.29 is 78.6 Å². The summed E-state index contributed by atoms with van der Waals surface area (Å²) >= 11 is 0.210. The summed E-state index contributed by atoms with van der Waals surface area (Å²) in [6.07, 6.45) is -9.52. The van der Waals surface area contributed by atoms with Gasteiger partial charge in [-0.15, -0.1) is 5.10 Å². The van der Waals surface area contributed by atoms with E-state index in [1.807, 2.05) is 25.1 Å². The molecule has 0 aliphatic heterocycles. The Kier molecular flexibility index (Phi) is 21.1. The Labute approximate surface area is 404 Å². The number of carbonyl (C=O) groups excluding carboxylic acids is 2. The highest BCUT2D eigenvalue weighted by molar-refractivity contribution is 7.57. The predicted molar refractivity (Wildman–Crippen MR) is 245 cm³/mol. The third kappa shape index (κ3) is 17.9. The molecule has 0 bridgehead atoms. The van der Waals surface area contributed by atoms with E-state index in [0.717, 1.165) is 19.0 Å². The molecule has 0 aliphatic rings. The topological polar surface area (TPSA) is 245 Å². The number of benzene rings is 3. The lowest BCUT2D eigenvalue weighted by Gasteiger charge is -2.26. The SMILES string of the molecule is CC(C)N(C(=O)COc1nnc(C(F)(F)F)s1)c1ccc(F)cc1.CCc1ccc(COc2ccc(-n3c(=O)cc(C(F)(F)F)n(C)c3=O)cc2)c(OC(C)C(=O)OC)c1.CP(=O)(O)CCC(N)C(=O)O. The predicted octanol–water partition coefficient (Wildman–Crippen LogP) is 6.84. The van der Waals surface area contributed by atoms with E-state index in [2.05, 4.69) is 10.2 Å². The van der Waals surface area contributed by atoms with Gasteiger partial charge in [0.1, 0.15) is 35.7 Å². The summed E-state index contributed by atoms with van der Waals surface area (Å²) in [5, 5.41) is 13.0. The summed E-state index contributed by atoms with van der Waals surface area (Å²) in [6.45, 7) is 7.79. The second-order valence-corrected chi connectivity index (χ2v) is 18.9. The first-order valence-electron chi connectivity index (χ1n) is 20.9. The smallest absolute Gasteiger partial charge is 0.445 e. The number of carbonyl (C=O) groups is 3. The zero-order valence-electron chi connectivity index (χ0n) is 39.0. The van der Waals surface area contributed by atoms with Crippen molar-refractivity contribution in [2.24, 2.45) is 12.8 Å². The fourth-order valence-corrected chi connectivity index (χ4v) is 7.17. The first-order valence-corrected chi connectivity index (χ1v) is 24.0. The van der Waals surface area contributed by atoms with Crippen LogP contribution in [0.1, 0.15) is 55.9 Å². The number of alkyl halides is 6. The van der Waals surface area contributed by atoms with E-state index >= 15 is 0 Å². The molecule has 27 heteroatoms. The van der Waals surface area contributed by atoms with Crippen molar-refractivity contribution in [2.45, 2.75) is 77.7 Å². The molecule has 71 heavy (non-hydrogen) atoms. The number of halogens is 7. The van der Waals surface area contributed by atoms with Crippen molar-refractivity contribution in [3.8, 4) is 22.4 Å². The number of ether oxygens (including phenoxy) is 4. The minimum atomic E-state index is -4.84. The van der Waals surface area contributed by atoms with Crippen LogP contribution in [-0.4, -0.2) is 91.9 Å². The van der Waals surface area contributed by atoms with Gasteiger partial charge in [0.05, 0.1) is 12.8 Å². The number of aliphatic carboxylic acids is 1. The number of rotatable bonds is 17. The molecule has 0 saturated heterocycles. The van der Waals surface area contributed by atoms with E-state index in [1.165, 1.54) is 67.2 Å². The van der Waals surface area contributed by atoms with E-state index in [-0.39, 0.29) is 47.4 Å². The Morgan fingerprint density at radius 3 is 2.04 bits per heavy atom. The van der Waals surface area contributed by atoms with Crippen LogP contribution >= 0.6 is 18.7 Å². The number of methoxy groups -OCH3 is 1. The van der Waals surface area contributed by atoms with Gasteiger partial charge in [-0.05, 0) is 93.8 Å². The van der Waals surface area contributed by atoms with Crippen molar-refractivity contribution in [3.63, 3.8) is 0 Å². The number of amides is 1. The summed E-state index contributed by atoms with van der Waals surface area (Å²) in [7, 11) is -0.884. The molecule has 5 aromatic rings. The monoisotopic (exact) mass is 1050 g/mol. The lowest BCUT2D eigenvalue weighted by atomic mass is 10.1. The Balaban J connectivity index is 0.000000326. The molecule has 3 unspecified atom stereocenters. The van der Waals surface area contributed by atoms with Gasteiger partial charge in [0.25, 0.3) is 16.7 Å². The second kappa shape index (κ2) is 25.5. The van der Waals surface area contributed by atoms with Gasteiger partial charge in [-0.1, -0.05) is 35.5 Å². The Hall–Kier alpha value is -6.63. The number of hydrogen-bond donors (Lipinski definition) is 3. The van der Waals surface area contributed by atoms with Crippen LogP contribution < -0.4 is 36.1 Å². The highest BCUT2D eigenvalue weighted by Gasteiger charge is 2.37. The number of nitrogens with zero attached hydrogens (tertiary/aromatic N) is 5. The van der Waals surface area contributed by atoms with Crippen LogP contribution in [0.2, 0.25) is 0 Å². The number of aryl methyl sites for hydroxylation is 1. The van der Waals surface area contributed by atoms with Crippen LogP contribution in [0.3, 0.4) is 0 Å². The van der Waals surface area contributed by atoms with Crippen molar-refractivity contribution in [1.29, 1.82) is 0 Å². The average molecular weight is 1050 g/mol. The van der Waals surface area contributed by atoms with Gasteiger partial charge in [0.15, 0.2) is 20.1 Å². The van der Waals surface area contributed by atoms with Gasteiger partial charge in [-0.25, -0.2) is 18.5 Å². The molecule has 0 saturated carbocycles. The van der Waals surface area contributed by atoms with Crippen LogP contribution in [0.5, 0.6) is 16.7 Å². The minimum Gasteiger partial charge on any atom is -0.489 e. The van der Waals surface area contributed by atoms with Gasteiger partial charge in [0.2, 0.25) is 5.01 Å². The normalized spacial score (nSPS) is 13.0. The average Bonchev–Trinajstić information content (AvgIpc) is 3.79. The van der Waals surface area contributed by atoms with Crippen LogP contribution in [0.4, 0.5) is 36.4 Å². The summed E-state index contributed by atoms with van der Waals surface area (Å²) in [5.74, 6) is -1.77. The van der Waals surface area contributed by atoms with Gasteiger partial charge >= 0.3 is 30.0 Å². The molecule has 0 fully saturated rings. The maximum absolute atomic E-state index is 13.1. The van der Waals surface area contributed by atoms with Gasteiger partial charge in [-0.2, -0.15) is 26.3 Å². The molecule has 18 nitrogen and oxygen atoms in total. The molecule has 5 rings (SSSR count). The molecule has 0 spiro atoms. The molecule has 4 N–H and O–H groups in total. The van der Waals surface area contributed by atoms with E-state index in [1.54, 1.807) is 20.8 Å². The van der Waals surface area contributed by atoms with Gasteiger partial charge in [0, 0.05) is 43.2 Å². The number of anilines is 1. The highest BCUT2D eigenvalue weighted by Crippen LogP contribution is 2.36. The standard InChI is InChI=1S/C25H25F3N2O6.C14H13F4N3O2S.C5H12NO4P/c1-5-16-6-7-17(20(12-16)36-15(2)23(32)34-4)14-35-19-10-8-18(9-11-19)30-22(31)13-21(25(26,27)28)29(3)24(30)33;1-8(2)21(10-5-3-9(15)4-6-10)11(22)7-23-13-20-19-12(24-13)14(16,17)18;1-11(9,10)3-2-4(6)5(7)8/h6-13,15H,5,14H2,1-4H3;3-6,8H,7H2,1-2H3;4H,2-3,6H2,1H3,(H,7,8)(H,9,10). The van der Waals surface area contributed by atoms with Crippen LogP contribution in [0.15, 0.2) is 82.4 Å². The molecule has 3 aromatic carbocycles. The first-order chi connectivity index (χ1) is 33.0. The quantitative estimate of drug-likeness (QED) is 0.0490. The molecule has 2 aromatic heterocycles. The summed E-state index contributed by atoms with van der Waals surface area (Å²) in [5.41, 5.74) is 3.74. The zero-order valence-corrected chi connectivity index (χ0v) is 40.7. The summed E-state index contributed by atoms with van der Waals surface area (Å²) in [4.78, 5) is 69.0. The molecular formula is C44H50F7N6O12PS. The summed E-state index contributed by atoms with van der Waals surface area (Å²) < 4.78 is 122. The van der Waals surface area contributed by atoms with Crippen LogP contribution in [-0.2, 0) is 56.1 Å². The largest absolute Gasteiger partial charge is 0.489 e. The Bertz CT molecular complexity index is 2760. The fourth-order valence-electron chi connectivity index (χ4n) is 5.85. The lowest BCUT2D eigenvalue weighted by molar-refractivity contribution is -0.148. The number of esters is 1. The van der Waals surface area contributed by atoms with E-state index < -0.39 is 84.1 Å². The Morgan fingerprint density at radius 2 is 1.54 bits per heavy atom. The van der Waals surface area contributed by atoms with Crippen LogP contribution in [0.25, 0.3) is 5.69 Å². The van der Waals surface area contributed by atoms with Gasteiger partial charge < -0.3 is 39.6 Å². The number of hydrogen-bond acceptors (Lipinski definition) is 14. The van der Waals surface area contributed by atoms with E-state index in [9.17, 15) is 59.3 Å². The number of carboxylic acids is 1. The van der Waals surface area contributed by atoms with Crippen molar-refractivity contribution in [1.82, 2.24) is 19.3 Å². The molecule has 388 valence electrons. The van der Waals surface area contributed by atoms with Crippen molar-refractivity contribution in [2.75, 3.05) is 31.4 Å². The van der Waals surface area contributed by atoms with Crippen molar-refractivity contribution in [3.05, 3.63) is 121 Å². The minimum absolute atomic E-state index is 0.0412. The molecule has 1 amide bonds. The fraction of sp³-hybridized carbons (Fsp3) is 0.386. The number of nitrogens with two attached hydrogens (primary N) is 1. The maximum atomic E-state index is 13.1. The van der Waals surface area contributed by atoms with Crippen molar-refractivity contribution >= 4 is 42.2 Å². The van der Waals surface area contributed by atoms with Crippen LogP contribution in [0, 0.1) is 5.82 Å². The second-order valence-electron chi connectivity index (χ2n) is 15.4. The van der Waals surface area contributed by atoms with E-state index in [0.29, 0.717) is 38.0 Å². The Morgan fingerprint density at radius 1 is 0.915 bits per heavy atom. The molecular weight excluding hydrogens is 1000 g/mol. The van der Waals surface area contributed by atoms with E-state index in [4.69, 9.17) is 34.7 Å². The third-order valence-corrected chi connectivity index (χ3v) is 11.5. The molecule has 0 radical (unpaired) electrons. The lowest BCUT2D eigenvalue weighted by Crippen LogP contribution is -2.40. The number of carboxylic acid groups (broad SMARTS) is 1. The molecule has 2 heterocycles. The zero-order chi connectivity index (χ0) is 53.6. The molecule has 0 aliphatic carbocycles.